The summed E-state index contributed by atoms with van der Waals surface area (Å²) in [6.45, 7) is 23.5. The first-order chi connectivity index (χ1) is 70.1. The molecule has 3 aliphatic heterocycles. The van der Waals surface area contributed by atoms with Gasteiger partial charge in [-0.15, -0.1) is 0 Å². The number of Topliss-reactive ketones (excluding diaryl/α,β-unsaturated/α-hetero) is 3. The molecule has 804 valence electrons. The zero-order valence-corrected chi connectivity index (χ0v) is 88.0. The van der Waals surface area contributed by atoms with Crippen molar-refractivity contribution >= 4 is 106 Å². The SMILES string of the molecule is CCC[C@H](NC(=O)[C@@H]1[C@H]2CCC[C@H]2CN1C(=O)[C@@H](NC(=O)[C@@H](NC(=O)c1cnccn1)C1CCCCC1)C(C)(C)C)C(=O)C(=O)NC1CC1.CCC[C@H](NC(=O)[C@@H]1[C@H]2CCC[C@H]2CN1C(=O)[C@@H](NC(=O)[C@@H](NC(=O)c1cnccn1)C1CCCCC1)C(C)(C)C)C(=O)C(=O)NC1CC1.CCC[C@H](NC(=O)[C@@H]1[C@H]2CCC[C@H]2CN1C(=O)[C@@H](NC(=O)[C@@H](NC(=O)c1cnccn1)C1CCCCC1)C(C)(C)C)C(=O)C(=O)NC1CC1. The molecule has 18 atom stereocenters. The third-order valence-corrected chi connectivity index (χ3v) is 32.0. The van der Waals surface area contributed by atoms with E-state index < -0.39 is 177 Å². The number of nitrogens with one attached hydrogen (secondary N) is 12. The lowest BCUT2D eigenvalue weighted by Crippen LogP contribution is -2.62. The van der Waals surface area contributed by atoms with Crippen molar-refractivity contribution in [2.24, 2.45) is 69.5 Å². The van der Waals surface area contributed by atoms with Gasteiger partial charge in [0.25, 0.3) is 35.4 Å². The third-order valence-electron chi connectivity index (χ3n) is 32.0. The maximum absolute atomic E-state index is 14.6. The molecule has 9 saturated carbocycles. The Kier molecular flexibility index (Phi) is 39.0. The van der Waals surface area contributed by atoms with E-state index in [1.165, 1.54) is 55.8 Å². The van der Waals surface area contributed by atoms with Crippen molar-refractivity contribution in [2.75, 3.05) is 19.6 Å². The highest BCUT2D eigenvalue weighted by atomic mass is 16.2. The molecule has 12 fully saturated rings. The molecule has 15 rings (SSSR count). The summed E-state index contributed by atoms with van der Waals surface area (Å²) in [5, 5.41) is 34.5. The monoisotopic (exact) mass is 2040 g/mol. The summed E-state index contributed by atoms with van der Waals surface area (Å²) in [6.07, 6.45) is 41.6. The van der Waals surface area contributed by atoms with Gasteiger partial charge >= 0.3 is 0 Å². The summed E-state index contributed by atoms with van der Waals surface area (Å²) in [4.78, 5) is 274. The van der Waals surface area contributed by atoms with Gasteiger partial charge in [0, 0.05) is 74.9 Å². The van der Waals surface area contributed by atoms with Crippen LogP contribution in [0, 0.1) is 69.5 Å². The molecule has 0 spiro atoms. The number of amides is 15. The Morgan fingerprint density at radius 1 is 0.299 bits per heavy atom. The molecule has 147 heavy (non-hydrogen) atoms. The van der Waals surface area contributed by atoms with Crippen molar-refractivity contribution in [3.8, 4) is 0 Å². The van der Waals surface area contributed by atoms with Crippen molar-refractivity contribution in [3.63, 3.8) is 0 Å². The van der Waals surface area contributed by atoms with Crippen LogP contribution in [0.4, 0.5) is 0 Å². The molecule has 12 aliphatic rings. The number of likely N-dealkylation sites (tertiary alicyclic amines) is 3. The Morgan fingerprint density at radius 2 is 0.544 bits per heavy atom. The van der Waals surface area contributed by atoms with Crippen LogP contribution in [0.1, 0.15) is 346 Å². The summed E-state index contributed by atoms with van der Waals surface area (Å²) in [5.74, 6) is -9.61. The Balaban J connectivity index is 0.000000184. The smallest absolute Gasteiger partial charge is 0.289 e. The van der Waals surface area contributed by atoms with Gasteiger partial charge in [0.2, 0.25) is 70.5 Å². The third kappa shape index (κ3) is 29.5. The minimum Gasteiger partial charge on any atom is -0.347 e. The van der Waals surface area contributed by atoms with Crippen molar-refractivity contribution in [1.82, 2.24) is 108 Å². The summed E-state index contributed by atoms with van der Waals surface area (Å²) < 4.78 is 0. The Hall–Kier alpha value is -11.7. The first-order valence-electron chi connectivity index (χ1n) is 54.6. The average Bonchev–Trinajstić information content (AvgIpc) is 1.62. The van der Waals surface area contributed by atoms with Crippen LogP contribution in [0.3, 0.4) is 0 Å². The standard InChI is InChI=1S/3C36H53N7O6/c3*1-5-10-25(29(44)34(48)39-23-15-16-23)40-33(47)28-24-14-9-13-22(24)20-43(28)35(49)30(36(2,3)4)42-32(46)27(21-11-7-6-8-12-21)41-31(45)26-19-37-17-18-38-26/h3*17-19,21-25,27-28,30H,5-16,20H2,1-4H3,(H,39,48)(H,40,47)(H,41,45)(H,42,46)/t3*22-,24-,25-,27-,28-,30+/m000/s1. The highest BCUT2D eigenvalue weighted by molar-refractivity contribution is 6.39. The van der Waals surface area contributed by atoms with E-state index in [9.17, 15) is 86.3 Å². The average molecular weight is 2040 g/mol. The van der Waals surface area contributed by atoms with Crippen LogP contribution < -0.4 is 63.8 Å². The summed E-state index contributed by atoms with van der Waals surface area (Å²) in [6, 6.07) is -11.0. The van der Waals surface area contributed by atoms with E-state index in [4.69, 9.17) is 0 Å². The van der Waals surface area contributed by atoms with E-state index in [0.717, 1.165) is 193 Å². The van der Waals surface area contributed by atoms with Crippen LogP contribution >= 0.6 is 0 Å². The highest BCUT2D eigenvalue weighted by Crippen LogP contribution is 2.47. The lowest BCUT2D eigenvalue weighted by Gasteiger charge is -2.38. The number of aromatic nitrogens is 6. The van der Waals surface area contributed by atoms with Crippen LogP contribution in [0.5, 0.6) is 0 Å². The van der Waals surface area contributed by atoms with Gasteiger partial charge in [-0.25, -0.2) is 15.0 Å². The van der Waals surface area contributed by atoms with Gasteiger partial charge in [-0.3, -0.25) is 101 Å². The Bertz CT molecular complexity index is 4660. The minimum absolute atomic E-state index is 0.0132. The molecule has 3 saturated heterocycles. The van der Waals surface area contributed by atoms with E-state index >= 15 is 0 Å². The molecule has 39 heteroatoms. The number of rotatable bonds is 39. The van der Waals surface area contributed by atoms with Crippen LogP contribution in [-0.4, -0.2) is 261 Å². The second kappa shape index (κ2) is 51.0. The fourth-order valence-electron chi connectivity index (χ4n) is 23.6. The van der Waals surface area contributed by atoms with Gasteiger partial charge in [0.15, 0.2) is 0 Å². The number of ketones is 3. The zero-order chi connectivity index (χ0) is 106. The Labute approximate surface area is 863 Å². The number of carbonyl (C=O) groups excluding carboxylic acids is 18. The second-order valence-electron chi connectivity index (χ2n) is 46.5. The van der Waals surface area contributed by atoms with Crippen molar-refractivity contribution in [1.29, 1.82) is 0 Å². The molecule has 6 heterocycles. The highest BCUT2D eigenvalue weighted by Gasteiger charge is 2.58. The fourth-order valence-corrected chi connectivity index (χ4v) is 23.6. The lowest BCUT2D eigenvalue weighted by molar-refractivity contribution is -0.146. The van der Waals surface area contributed by atoms with E-state index in [1.807, 2.05) is 83.1 Å². The largest absolute Gasteiger partial charge is 0.347 e. The molecular formula is C108H159N21O18. The quantitative estimate of drug-likeness (QED) is 0.0248. The van der Waals surface area contributed by atoms with Crippen molar-refractivity contribution in [2.45, 2.75) is 405 Å². The maximum Gasteiger partial charge on any atom is 0.289 e. The van der Waals surface area contributed by atoms with Crippen LogP contribution in [0.15, 0.2) is 55.8 Å². The van der Waals surface area contributed by atoms with Crippen molar-refractivity contribution < 1.29 is 86.3 Å². The molecule has 3 aromatic rings. The molecule has 0 radical (unpaired) electrons. The molecule has 3 aromatic heterocycles. The molecule has 0 bridgehead atoms. The van der Waals surface area contributed by atoms with Gasteiger partial charge in [0.1, 0.15) is 71.5 Å². The summed E-state index contributed by atoms with van der Waals surface area (Å²) in [5.41, 5.74) is -1.91. The molecule has 0 aromatic carbocycles. The van der Waals surface area contributed by atoms with E-state index in [2.05, 4.69) is 93.7 Å². The van der Waals surface area contributed by atoms with E-state index in [1.54, 1.807) is 14.7 Å². The van der Waals surface area contributed by atoms with Gasteiger partial charge in [-0.05, 0) is 204 Å². The zero-order valence-electron chi connectivity index (χ0n) is 88.0. The molecule has 15 amide bonds. The first-order valence-corrected chi connectivity index (χ1v) is 54.6. The maximum atomic E-state index is 14.6. The summed E-state index contributed by atoms with van der Waals surface area (Å²) in [7, 11) is 0. The van der Waals surface area contributed by atoms with Gasteiger partial charge < -0.3 is 78.5 Å². The van der Waals surface area contributed by atoms with Crippen LogP contribution in [0.2, 0.25) is 0 Å². The first kappa shape index (κ1) is 112. The normalized spacial score (nSPS) is 24.2. The topological polar surface area (TPSA) is 539 Å². The second-order valence-corrected chi connectivity index (χ2v) is 46.5. The van der Waals surface area contributed by atoms with Gasteiger partial charge in [0.05, 0.1) is 36.7 Å². The predicted octanol–water partition coefficient (Wildman–Crippen LogP) is 7.34. The number of hydrogen-bond acceptors (Lipinski definition) is 24. The van der Waals surface area contributed by atoms with E-state index in [0.29, 0.717) is 58.2 Å². The molecule has 12 N–H and O–H groups in total. The van der Waals surface area contributed by atoms with Gasteiger partial charge in [-0.2, -0.15) is 0 Å². The molecule has 9 aliphatic carbocycles. The number of hydrogen-bond donors (Lipinski definition) is 12. The van der Waals surface area contributed by atoms with Crippen molar-refractivity contribution in [3.05, 3.63) is 72.9 Å². The summed E-state index contributed by atoms with van der Waals surface area (Å²) >= 11 is 0. The van der Waals surface area contributed by atoms with E-state index in [-0.39, 0.29) is 106 Å². The van der Waals surface area contributed by atoms with Gasteiger partial charge in [-0.1, -0.05) is 179 Å². The molecule has 39 nitrogen and oxygen atoms in total. The number of carbonyl (C=O) groups is 18. The fraction of sp³-hybridized carbons (Fsp3) is 0.722. The Morgan fingerprint density at radius 3 is 0.755 bits per heavy atom. The molecular weight excluding hydrogens is 1880 g/mol. The van der Waals surface area contributed by atoms with Crippen LogP contribution in [0.25, 0.3) is 0 Å². The van der Waals surface area contributed by atoms with Crippen LogP contribution in [-0.2, 0) is 71.9 Å². The minimum atomic E-state index is -0.994. The predicted molar refractivity (Wildman–Crippen MR) is 542 cm³/mol. The number of fused-ring (bicyclic) bond motifs is 3. The lowest BCUT2D eigenvalue weighted by atomic mass is 9.82. The number of nitrogens with zero attached hydrogens (tertiary/aromatic N) is 9. The molecule has 0 unspecified atom stereocenters.